The molecule has 1 aliphatic heterocycles. The van der Waals surface area contributed by atoms with Gasteiger partial charge in [-0.1, -0.05) is 30.3 Å². The number of amides is 1. The fraction of sp³-hybridized carbons (Fsp3) is 0.0870. The van der Waals surface area contributed by atoms with Crippen LogP contribution in [0.15, 0.2) is 72.8 Å². The Labute approximate surface area is 162 Å². The van der Waals surface area contributed by atoms with Crippen molar-refractivity contribution in [2.75, 3.05) is 17.7 Å². The third kappa shape index (κ3) is 2.52. The number of fused-ring (bicyclic) bond motifs is 5. The number of carbonyl (C=O) groups excluding carboxylic acids is 1. The highest BCUT2D eigenvalue weighted by Gasteiger charge is 2.29. The normalized spacial score (nSPS) is 14.7. The number of anilines is 2. The maximum absolute atomic E-state index is 10.8. The number of nitrogens with zero attached hydrogens (tertiary/aromatic N) is 1. The molecule has 5 rings (SSSR count). The van der Waals surface area contributed by atoms with E-state index in [-0.39, 0.29) is 6.23 Å². The van der Waals surface area contributed by atoms with Crippen LogP contribution in [0.1, 0.15) is 11.8 Å². The summed E-state index contributed by atoms with van der Waals surface area (Å²) in [5, 5.41) is 6.96. The summed E-state index contributed by atoms with van der Waals surface area (Å²) in [6.45, 7) is 0. The van der Waals surface area contributed by atoms with E-state index in [1.165, 1.54) is 0 Å². The molecule has 1 aliphatic rings. The van der Waals surface area contributed by atoms with E-state index in [1.54, 1.807) is 0 Å². The summed E-state index contributed by atoms with van der Waals surface area (Å²) < 4.78 is 8.70. The van der Waals surface area contributed by atoms with E-state index in [0.29, 0.717) is 6.41 Å². The molecule has 28 heavy (non-hydrogen) atoms. The van der Waals surface area contributed by atoms with Crippen molar-refractivity contribution in [3.05, 3.63) is 78.4 Å². The van der Waals surface area contributed by atoms with E-state index in [1.807, 2.05) is 55.6 Å². The van der Waals surface area contributed by atoms with Gasteiger partial charge in [-0.05, 0) is 36.4 Å². The first-order valence-corrected chi connectivity index (χ1v) is 9.17. The minimum atomic E-state index is -0.266. The van der Waals surface area contributed by atoms with Crippen molar-refractivity contribution in [2.24, 2.45) is 0 Å². The predicted molar refractivity (Wildman–Crippen MR) is 112 cm³/mol. The van der Waals surface area contributed by atoms with Gasteiger partial charge in [0.05, 0.1) is 11.2 Å². The Balaban J connectivity index is 1.77. The van der Waals surface area contributed by atoms with Gasteiger partial charge < -0.3 is 19.9 Å². The Hall–Kier alpha value is -3.73. The number of aromatic nitrogens is 1. The minimum absolute atomic E-state index is 0.266. The smallest absolute Gasteiger partial charge is 0.211 e. The second kappa shape index (κ2) is 6.46. The van der Waals surface area contributed by atoms with E-state index >= 15 is 0 Å². The first kappa shape index (κ1) is 16.4. The second-order valence-electron chi connectivity index (χ2n) is 6.78. The molecule has 1 amide bonds. The number of ether oxygens (including phenoxy) is 1. The van der Waals surface area contributed by atoms with Crippen LogP contribution in [0.25, 0.3) is 22.2 Å². The van der Waals surface area contributed by atoms with Crippen LogP contribution in [0.4, 0.5) is 11.4 Å². The lowest BCUT2D eigenvalue weighted by Gasteiger charge is -2.30. The lowest BCUT2D eigenvalue weighted by molar-refractivity contribution is -0.105. The van der Waals surface area contributed by atoms with Crippen LogP contribution in [0.5, 0.6) is 5.75 Å². The zero-order chi connectivity index (χ0) is 19.1. The molecule has 2 N–H and O–H groups in total. The molecule has 1 atom stereocenters. The van der Waals surface area contributed by atoms with Crippen molar-refractivity contribution >= 4 is 28.7 Å². The predicted octanol–water partition coefficient (Wildman–Crippen LogP) is 4.86. The largest absolute Gasteiger partial charge is 0.465 e. The highest BCUT2D eigenvalue weighted by Crippen LogP contribution is 2.45. The van der Waals surface area contributed by atoms with Gasteiger partial charge in [-0.15, -0.1) is 0 Å². The monoisotopic (exact) mass is 369 g/mol. The molecule has 0 radical (unpaired) electrons. The molecular weight excluding hydrogens is 350 g/mol. The number of nitrogens with one attached hydrogen (secondary N) is 2. The van der Waals surface area contributed by atoms with Gasteiger partial charge in [0.25, 0.3) is 0 Å². The van der Waals surface area contributed by atoms with Crippen LogP contribution >= 0.6 is 0 Å². The first-order valence-electron chi connectivity index (χ1n) is 9.17. The van der Waals surface area contributed by atoms with Gasteiger partial charge in [0, 0.05) is 41.0 Å². The van der Waals surface area contributed by atoms with E-state index in [0.717, 1.165) is 44.8 Å². The average Bonchev–Trinajstić information content (AvgIpc) is 3.12. The SMILES string of the molecule is CNc1ccc2c(c1)OC(c1ccccc1)n1c-2cc2cc(NC=O)ccc21. The van der Waals surface area contributed by atoms with Crippen molar-refractivity contribution in [1.29, 1.82) is 0 Å². The number of hydrogen-bond acceptors (Lipinski definition) is 3. The summed E-state index contributed by atoms with van der Waals surface area (Å²) >= 11 is 0. The van der Waals surface area contributed by atoms with Crippen molar-refractivity contribution in [3.8, 4) is 17.0 Å². The van der Waals surface area contributed by atoms with Gasteiger partial charge in [-0.25, -0.2) is 0 Å². The van der Waals surface area contributed by atoms with Gasteiger partial charge in [0.2, 0.25) is 12.6 Å². The highest BCUT2D eigenvalue weighted by atomic mass is 16.5. The third-order valence-electron chi connectivity index (χ3n) is 5.17. The lowest BCUT2D eigenvalue weighted by atomic mass is 10.1. The molecule has 0 fully saturated rings. The topological polar surface area (TPSA) is 55.3 Å². The van der Waals surface area contributed by atoms with Gasteiger partial charge in [0.15, 0.2) is 0 Å². The number of hydrogen-bond donors (Lipinski definition) is 2. The molecule has 2 heterocycles. The fourth-order valence-electron chi connectivity index (χ4n) is 3.85. The lowest BCUT2D eigenvalue weighted by Crippen LogP contribution is -2.22. The van der Waals surface area contributed by atoms with E-state index in [2.05, 4.69) is 39.5 Å². The average molecular weight is 369 g/mol. The molecule has 0 saturated heterocycles. The van der Waals surface area contributed by atoms with Crippen LogP contribution in [0.3, 0.4) is 0 Å². The molecular formula is C23H19N3O2. The van der Waals surface area contributed by atoms with E-state index in [4.69, 9.17) is 4.74 Å². The van der Waals surface area contributed by atoms with Gasteiger partial charge in [-0.3, -0.25) is 4.79 Å². The van der Waals surface area contributed by atoms with Crippen LogP contribution in [0.2, 0.25) is 0 Å². The zero-order valence-electron chi connectivity index (χ0n) is 15.3. The van der Waals surface area contributed by atoms with Crippen molar-refractivity contribution in [2.45, 2.75) is 6.23 Å². The molecule has 1 unspecified atom stereocenters. The van der Waals surface area contributed by atoms with Crippen LogP contribution in [0, 0.1) is 0 Å². The van der Waals surface area contributed by atoms with Crippen molar-refractivity contribution < 1.29 is 9.53 Å². The summed E-state index contributed by atoms with van der Waals surface area (Å²) in [5.41, 5.74) is 6.06. The molecule has 5 heteroatoms. The molecule has 5 nitrogen and oxygen atoms in total. The Morgan fingerprint density at radius 1 is 0.964 bits per heavy atom. The quantitative estimate of drug-likeness (QED) is 0.505. The molecule has 0 bridgehead atoms. The van der Waals surface area contributed by atoms with Crippen molar-refractivity contribution in [1.82, 2.24) is 4.57 Å². The summed E-state index contributed by atoms with van der Waals surface area (Å²) in [6.07, 6.45) is 0.430. The van der Waals surface area contributed by atoms with Crippen LogP contribution in [-0.4, -0.2) is 18.0 Å². The van der Waals surface area contributed by atoms with Gasteiger partial charge in [0.1, 0.15) is 5.75 Å². The maximum atomic E-state index is 10.8. The summed E-state index contributed by atoms with van der Waals surface area (Å²) in [7, 11) is 1.90. The van der Waals surface area contributed by atoms with Crippen molar-refractivity contribution in [3.63, 3.8) is 0 Å². The summed E-state index contributed by atoms with van der Waals surface area (Å²) in [4.78, 5) is 10.8. The van der Waals surface area contributed by atoms with E-state index < -0.39 is 0 Å². The Bertz CT molecular complexity index is 1180. The fourth-order valence-corrected chi connectivity index (χ4v) is 3.85. The van der Waals surface area contributed by atoms with Crippen LogP contribution < -0.4 is 15.4 Å². The summed E-state index contributed by atoms with van der Waals surface area (Å²) in [6, 6.07) is 24.4. The number of benzene rings is 3. The van der Waals surface area contributed by atoms with Crippen LogP contribution in [-0.2, 0) is 4.79 Å². The molecule has 0 aliphatic carbocycles. The zero-order valence-corrected chi connectivity index (χ0v) is 15.3. The Morgan fingerprint density at radius 2 is 1.79 bits per heavy atom. The molecule has 3 aromatic carbocycles. The first-order chi connectivity index (χ1) is 13.8. The van der Waals surface area contributed by atoms with Gasteiger partial charge >= 0.3 is 0 Å². The van der Waals surface area contributed by atoms with Gasteiger partial charge in [-0.2, -0.15) is 0 Å². The molecule has 138 valence electrons. The third-order valence-corrected chi connectivity index (χ3v) is 5.17. The van der Waals surface area contributed by atoms with E-state index in [9.17, 15) is 4.79 Å². The number of rotatable bonds is 4. The molecule has 0 spiro atoms. The molecule has 4 aromatic rings. The maximum Gasteiger partial charge on any atom is 0.211 e. The molecule has 0 saturated carbocycles. The standard InChI is InChI=1S/C23H19N3O2/c1-24-17-7-9-19-21-12-16-11-18(25-14-27)8-10-20(16)26(21)23(28-22(19)13-17)15-5-3-2-4-6-15/h2-14,23-24H,1H3,(H,25,27). The second-order valence-corrected chi connectivity index (χ2v) is 6.78. The Kier molecular flexibility index (Phi) is 3.79. The Morgan fingerprint density at radius 3 is 2.57 bits per heavy atom. The number of carbonyl (C=O) groups is 1. The molecule has 1 aromatic heterocycles. The minimum Gasteiger partial charge on any atom is -0.465 e. The summed E-state index contributed by atoms with van der Waals surface area (Å²) in [5.74, 6) is 0.849. The highest BCUT2D eigenvalue weighted by molar-refractivity contribution is 5.92.